The van der Waals surface area contributed by atoms with E-state index in [4.69, 9.17) is 4.74 Å². The molecule has 0 heterocycles. The highest BCUT2D eigenvalue weighted by molar-refractivity contribution is 5.75. The van der Waals surface area contributed by atoms with Crippen LogP contribution in [0.1, 0.15) is 27.2 Å². The maximum absolute atomic E-state index is 11.2. The number of carbonyl (C=O) groups is 1. The lowest BCUT2D eigenvalue weighted by molar-refractivity contribution is -0.130. The van der Waals surface area contributed by atoms with Crippen LogP contribution >= 0.6 is 0 Å². The lowest BCUT2D eigenvalue weighted by Gasteiger charge is -2.21. The molecule has 0 aliphatic rings. The molecule has 0 aliphatic heterocycles. The molecule has 0 fully saturated rings. The zero-order valence-corrected chi connectivity index (χ0v) is 11.3. The second kappa shape index (κ2) is 8.53. The van der Waals surface area contributed by atoms with Crippen molar-refractivity contribution in [2.24, 2.45) is 0 Å². The van der Waals surface area contributed by atoms with Gasteiger partial charge in [0.1, 0.15) is 0 Å². The Morgan fingerprint density at radius 3 is 2.25 bits per heavy atom. The van der Waals surface area contributed by atoms with Crippen molar-refractivity contribution in [1.82, 2.24) is 9.80 Å². The molecule has 0 spiro atoms. The maximum Gasteiger partial charge on any atom is 0.222 e. The van der Waals surface area contributed by atoms with Crippen LogP contribution in [0, 0.1) is 0 Å². The van der Waals surface area contributed by atoms with Crippen molar-refractivity contribution in [2.75, 3.05) is 40.4 Å². The summed E-state index contributed by atoms with van der Waals surface area (Å²) in [5, 5.41) is 0. The molecule has 0 aromatic heterocycles. The molecule has 0 aromatic carbocycles. The van der Waals surface area contributed by atoms with Crippen LogP contribution in [-0.4, -0.2) is 62.1 Å². The molecule has 4 nitrogen and oxygen atoms in total. The van der Waals surface area contributed by atoms with Gasteiger partial charge in [-0.15, -0.1) is 0 Å². The molecule has 0 rings (SSSR count). The van der Waals surface area contributed by atoms with Crippen LogP contribution < -0.4 is 0 Å². The van der Waals surface area contributed by atoms with Gasteiger partial charge in [0, 0.05) is 32.6 Å². The van der Waals surface area contributed by atoms with Crippen LogP contribution in [0.3, 0.4) is 0 Å². The van der Waals surface area contributed by atoms with Gasteiger partial charge in [0.2, 0.25) is 5.91 Å². The van der Waals surface area contributed by atoms with E-state index >= 15 is 0 Å². The molecule has 16 heavy (non-hydrogen) atoms. The van der Waals surface area contributed by atoms with E-state index in [1.165, 1.54) is 0 Å². The van der Waals surface area contributed by atoms with E-state index in [1.54, 1.807) is 4.90 Å². The van der Waals surface area contributed by atoms with Crippen LogP contribution in [0.2, 0.25) is 0 Å². The summed E-state index contributed by atoms with van der Waals surface area (Å²) < 4.78 is 5.48. The fourth-order valence-electron chi connectivity index (χ4n) is 1.16. The van der Waals surface area contributed by atoms with Gasteiger partial charge in [-0.2, -0.15) is 0 Å². The predicted octanol–water partition coefficient (Wildman–Crippen LogP) is 1.21. The first-order valence-corrected chi connectivity index (χ1v) is 6.01. The van der Waals surface area contributed by atoms with E-state index in [0.717, 1.165) is 13.2 Å². The van der Waals surface area contributed by atoms with Gasteiger partial charge in [0.05, 0.1) is 13.2 Å². The smallest absolute Gasteiger partial charge is 0.222 e. The highest BCUT2D eigenvalue weighted by atomic mass is 16.5. The third-order valence-corrected chi connectivity index (χ3v) is 2.77. The van der Waals surface area contributed by atoms with Gasteiger partial charge in [0.25, 0.3) is 0 Å². The summed E-state index contributed by atoms with van der Waals surface area (Å²) in [7, 11) is 3.90. The number of ether oxygens (including phenoxy) is 1. The molecule has 0 atom stereocenters. The normalized spacial score (nSPS) is 11.2. The number of nitrogens with zero attached hydrogens (tertiary/aromatic N) is 2. The second-order valence-electron chi connectivity index (χ2n) is 4.36. The third-order valence-electron chi connectivity index (χ3n) is 2.77. The van der Waals surface area contributed by atoms with Gasteiger partial charge in [-0.05, 0) is 20.9 Å². The molecule has 0 saturated heterocycles. The molecule has 0 radical (unpaired) electrons. The molecule has 0 aromatic rings. The third kappa shape index (κ3) is 6.80. The van der Waals surface area contributed by atoms with Gasteiger partial charge in [-0.3, -0.25) is 4.79 Å². The van der Waals surface area contributed by atoms with Crippen molar-refractivity contribution in [3.8, 4) is 0 Å². The maximum atomic E-state index is 11.2. The average Bonchev–Trinajstić information content (AvgIpc) is 2.26. The van der Waals surface area contributed by atoms with Gasteiger partial charge < -0.3 is 14.5 Å². The van der Waals surface area contributed by atoms with Gasteiger partial charge in [0.15, 0.2) is 0 Å². The number of carbonyl (C=O) groups excluding carboxylic acids is 1. The molecule has 0 unspecified atom stereocenters. The summed E-state index contributed by atoms with van der Waals surface area (Å²) in [6, 6.07) is 0.549. The zero-order chi connectivity index (χ0) is 12.6. The van der Waals surface area contributed by atoms with E-state index in [-0.39, 0.29) is 5.91 Å². The Morgan fingerprint density at radius 1 is 1.19 bits per heavy atom. The minimum atomic E-state index is 0.169. The fourth-order valence-corrected chi connectivity index (χ4v) is 1.16. The van der Waals surface area contributed by atoms with Gasteiger partial charge >= 0.3 is 0 Å². The number of amides is 1. The molecule has 0 saturated carbocycles. The van der Waals surface area contributed by atoms with E-state index in [0.29, 0.717) is 25.6 Å². The van der Waals surface area contributed by atoms with Crippen LogP contribution in [0.15, 0.2) is 0 Å². The molecule has 1 amide bonds. The van der Waals surface area contributed by atoms with Crippen LogP contribution in [0.5, 0.6) is 0 Å². The largest absolute Gasteiger partial charge is 0.378 e. The second-order valence-corrected chi connectivity index (χ2v) is 4.36. The molecule has 0 bridgehead atoms. The first-order valence-electron chi connectivity index (χ1n) is 6.01. The summed E-state index contributed by atoms with van der Waals surface area (Å²) in [6.07, 6.45) is 0.562. The van der Waals surface area contributed by atoms with E-state index in [2.05, 4.69) is 25.8 Å². The molecule has 96 valence electrons. The summed E-state index contributed by atoms with van der Waals surface area (Å²) in [6.45, 7) is 9.15. The quantitative estimate of drug-likeness (QED) is 0.588. The topological polar surface area (TPSA) is 32.8 Å². The van der Waals surface area contributed by atoms with Gasteiger partial charge in [-0.25, -0.2) is 0 Å². The van der Waals surface area contributed by atoms with Crippen LogP contribution in [-0.2, 0) is 9.53 Å². The molecule has 0 N–H and O–H groups in total. The van der Waals surface area contributed by atoms with Gasteiger partial charge in [-0.1, -0.05) is 6.92 Å². The summed E-state index contributed by atoms with van der Waals surface area (Å²) in [5.74, 6) is 0.169. The van der Waals surface area contributed by atoms with Crippen molar-refractivity contribution >= 4 is 5.91 Å². The number of rotatable bonds is 8. The van der Waals surface area contributed by atoms with Crippen molar-refractivity contribution in [1.29, 1.82) is 0 Å². The standard InChI is InChI=1S/C12H26N2O2/c1-6-12(15)14(5)8-10-16-9-7-13(4)11(2)3/h11H,6-10H2,1-5H3. The average molecular weight is 230 g/mol. The highest BCUT2D eigenvalue weighted by Gasteiger charge is 2.05. The Labute approximate surface area is 99.5 Å². The zero-order valence-electron chi connectivity index (χ0n) is 11.3. The van der Waals surface area contributed by atoms with E-state index < -0.39 is 0 Å². The SMILES string of the molecule is CCC(=O)N(C)CCOCCN(C)C(C)C. The van der Waals surface area contributed by atoms with Crippen molar-refractivity contribution in [3.05, 3.63) is 0 Å². The lowest BCUT2D eigenvalue weighted by atomic mass is 10.3. The Hall–Kier alpha value is -0.610. The predicted molar refractivity (Wildman–Crippen MR) is 66.5 cm³/mol. The van der Waals surface area contributed by atoms with Crippen LogP contribution in [0.4, 0.5) is 0 Å². The number of likely N-dealkylation sites (N-methyl/N-ethyl adjacent to an activating group) is 2. The summed E-state index contributed by atoms with van der Waals surface area (Å²) >= 11 is 0. The van der Waals surface area contributed by atoms with Crippen molar-refractivity contribution in [2.45, 2.75) is 33.2 Å². The lowest BCUT2D eigenvalue weighted by Crippen LogP contribution is -2.32. The Kier molecular flexibility index (Phi) is 8.21. The molecular formula is C12H26N2O2. The monoisotopic (exact) mass is 230 g/mol. The van der Waals surface area contributed by atoms with Crippen molar-refractivity contribution in [3.63, 3.8) is 0 Å². The Bertz CT molecular complexity index is 195. The first kappa shape index (κ1) is 15.4. The summed E-state index contributed by atoms with van der Waals surface area (Å²) in [4.78, 5) is 15.2. The fraction of sp³-hybridized carbons (Fsp3) is 0.917. The first-order chi connectivity index (χ1) is 7.49. The highest BCUT2D eigenvalue weighted by Crippen LogP contribution is 1.93. The minimum Gasteiger partial charge on any atom is -0.378 e. The minimum absolute atomic E-state index is 0.169. The number of hydrogen-bond acceptors (Lipinski definition) is 3. The Balaban J connectivity index is 3.43. The Morgan fingerprint density at radius 2 is 1.75 bits per heavy atom. The molecule has 4 heteroatoms. The van der Waals surface area contributed by atoms with Crippen molar-refractivity contribution < 1.29 is 9.53 Å². The molecular weight excluding hydrogens is 204 g/mol. The molecule has 0 aliphatic carbocycles. The number of hydrogen-bond donors (Lipinski definition) is 0. The van der Waals surface area contributed by atoms with E-state index in [9.17, 15) is 4.79 Å². The van der Waals surface area contributed by atoms with E-state index in [1.807, 2.05) is 14.0 Å². The summed E-state index contributed by atoms with van der Waals surface area (Å²) in [5.41, 5.74) is 0. The van der Waals surface area contributed by atoms with Crippen LogP contribution in [0.25, 0.3) is 0 Å².